The van der Waals surface area contributed by atoms with E-state index in [9.17, 15) is 0 Å². The Kier molecular flexibility index (Phi) is 3.14. The molecule has 0 aliphatic carbocycles. The number of furan rings is 1. The lowest BCUT2D eigenvalue weighted by molar-refractivity contribution is 0.192. The summed E-state index contributed by atoms with van der Waals surface area (Å²) in [7, 11) is 0. The van der Waals surface area contributed by atoms with E-state index in [-0.39, 0.29) is 5.92 Å². The third-order valence-corrected chi connectivity index (χ3v) is 3.47. The summed E-state index contributed by atoms with van der Waals surface area (Å²) in [5.41, 5.74) is 0.890. The Labute approximate surface area is 111 Å². The number of aryl methyl sites for hydroxylation is 1. The molecule has 102 valence electrons. The Morgan fingerprint density at radius 2 is 2.21 bits per heavy atom. The molecular weight excluding hydrogens is 244 g/mol. The van der Waals surface area contributed by atoms with E-state index in [1.54, 1.807) is 0 Å². The van der Waals surface area contributed by atoms with Crippen molar-refractivity contribution in [1.29, 1.82) is 0 Å². The van der Waals surface area contributed by atoms with Crippen molar-refractivity contribution in [3.05, 3.63) is 23.4 Å². The summed E-state index contributed by atoms with van der Waals surface area (Å²) in [5.74, 6) is 3.64. The molecule has 19 heavy (non-hydrogen) atoms. The average molecular weight is 262 g/mol. The van der Waals surface area contributed by atoms with Gasteiger partial charge in [0.2, 0.25) is 0 Å². The number of aromatic nitrogens is 2. The van der Waals surface area contributed by atoms with E-state index in [0.717, 1.165) is 35.9 Å². The molecule has 0 radical (unpaired) electrons. The fraction of sp³-hybridized carbons (Fsp3) is 0.571. The summed E-state index contributed by atoms with van der Waals surface area (Å²) in [6, 6.07) is 1.99. The van der Waals surface area contributed by atoms with Crippen molar-refractivity contribution >= 4 is 0 Å². The Morgan fingerprint density at radius 1 is 1.37 bits per heavy atom. The van der Waals surface area contributed by atoms with Gasteiger partial charge in [-0.05, 0) is 19.4 Å². The normalized spacial score (nSPS) is 19.5. The fourth-order valence-corrected chi connectivity index (χ4v) is 2.25. The van der Waals surface area contributed by atoms with Gasteiger partial charge in [-0.2, -0.15) is 4.98 Å². The quantitative estimate of drug-likeness (QED) is 0.849. The zero-order valence-electron chi connectivity index (χ0n) is 11.5. The summed E-state index contributed by atoms with van der Waals surface area (Å²) in [6.45, 7) is 7.56. The molecule has 1 fully saturated rings. The number of hydrogen-bond acceptors (Lipinski definition) is 5. The molecule has 0 N–H and O–H groups in total. The van der Waals surface area contributed by atoms with Crippen LogP contribution in [0.2, 0.25) is 0 Å². The van der Waals surface area contributed by atoms with Crippen molar-refractivity contribution in [3.63, 3.8) is 0 Å². The van der Waals surface area contributed by atoms with Crippen LogP contribution in [0.15, 0.2) is 15.0 Å². The van der Waals surface area contributed by atoms with Crippen LogP contribution >= 0.6 is 0 Å². The van der Waals surface area contributed by atoms with E-state index >= 15 is 0 Å². The second-order valence-electron chi connectivity index (χ2n) is 5.29. The van der Waals surface area contributed by atoms with E-state index in [0.29, 0.717) is 18.4 Å². The topological polar surface area (TPSA) is 61.3 Å². The minimum atomic E-state index is 0.259. The molecule has 5 heteroatoms. The first-order valence-electron chi connectivity index (χ1n) is 6.67. The molecule has 3 rings (SSSR count). The number of rotatable bonds is 3. The highest BCUT2D eigenvalue weighted by Crippen LogP contribution is 2.31. The molecule has 1 saturated heterocycles. The highest BCUT2D eigenvalue weighted by molar-refractivity contribution is 5.56. The van der Waals surface area contributed by atoms with Gasteiger partial charge in [0.1, 0.15) is 11.5 Å². The maximum absolute atomic E-state index is 5.71. The lowest BCUT2D eigenvalue weighted by atomic mass is 10.1. The van der Waals surface area contributed by atoms with E-state index in [1.807, 2.05) is 13.0 Å². The van der Waals surface area contributed by atoms with Crippen molar-refractivity contribution in [2.24, 2.45) is 0 Å². The monoisotopic (exact) mass is 262 g/mol. The second-order valence-corrected chi connectivity index (χ2v) is 5.29. The summed E-state index contributed by atoms with van der Waals surface area (Å²) in [4.78, 5) is 4.48. The van der Waals surface area contributed by atoms with Crippen LogP contribution in [0.5, 0.6) is 0 Å². The number of nitrogens with zero attached hydrogens (tertiary/aromatic N) is 2. The van der Waals surface area contributed by atoms with Crippen molar-refractivity contribution in [2.75, 3.05) is 13.2 Å². The highest BCUT2D eigenvalue weighted by Gasteiger charge is 2.24. The van der Waals surface area contributed by atoms with Crippen LogP contribution in [-0.4, -0.2) is 23.4 Å². The third-order valence-electron chi connectivity index (χ3n) is 3.47. The maximum Gasteiger partial charge on any atom is 0.261 e. The van der Waals surface area contributed by atoms with Crippen molar-refractivity contribution in [3.8, 4) is 11.5 Å². The van der Waals surface area contributed by atoms with Gasteiger partial charge in [0.05, 0.1) is 12.2 Å². The molecule has 0 aromatic carbocycles. The first-order valence-corrected chi connectivity index (χ1v) is 6.67. The molecule has 0 amide bonds. The van der Waals surface area contributed by atoms with Crippen molar-refractivity contribution < 1.29 is 13.7 Å². The summed E-state index contributed by atoms with van der Waals surface area (Å²) >= 11 is 0. The van der Waals surface area contributed by atoms with Crippen LogP contribution in [0.1, 0.15) is 49.4 Å². The first kappa shape index (κ1) is 12.4. The molecule has 3 heterocycles. The van der Waals surface area contributed by atoms with E-state index in [4.69, 9.17) is 13.7 Å². The van der Waals surface area contributed by atoms with Crippen LogP contribution in [-0.2, 0) is 4.74 Å². The Balaban J connectivity index is 1.89. The van der Waals surface area contributed by atoms with Gasteiger partial charge in [-0.3, -0.25) is 0 Å². The molecule has 5 nitrogen and oxygen atoms in total. The Hall–Kier alpha value is -1.62. The lowest BCUT2D eigenvalue weighted by Crippen LogP contribution is -1.99. The Morgan fingerprint density at radius 3 is 2.84 bits per heavy atom. The Bertz CT molecular complexity index is 565. The molecule has 1 atom stereocenters. The van der Waals surface area contributed by atoms with Gasteiger partial charge in [-0.25, -0.2) is 0 Å². The van der Waals surface area contributed by atoms with E-state index < -0.39 is 0 Å². The summed E-state index contributed by atoms with van der Waals surface area (Å²) in [5, 5.41) is 4.06. The SMILES string of the molecule is Cc1oc(C(C)C)cc1-c1nc(C2CCOC2)no1. The zero-order chi connectivity index (χ0) is 13.4. The van der Waals surface area contributed by atoms with Gasteiger partial charge in [0, 0.05) is 18.4 Å². The minimum Gasteiger partial charge on any atom is -0.465 e. The lowest BCUT2D eigenvalue weighted by Gasteiger charge is -1.97. The minimum absolute atomic E-state index is 0.259. The standard InChI is InChI=1S/C14H18N2O3/c1-8(2)12-6-11(9(3)18-12)14-15-13(16-19-14)10-4-5-17-7-10/h6,8,10H,4-5,7H2,1-3H3. The molecule has 0 spiro atoms. The van der Waals surface area contributed by atoms with Gasteiger partial charge >= 0.3 is 0 Å². The predicted molar refractivity (Wildman–Crippen MR) is 69.0 cm³/mol. The van der Waals surface area contributed by atoms with Crippen LogP contribution in [0.25, 0.3) is 11.5 Å². The van der Waals surface area contributed by atoms with E-state index in [1.165, 1.54) is 0 Å². The average Bonchev–Trinajstić information content (AvgIpc) is 3.07. The summed E-state index contributed by atoms with van der Waals surface area (Å²) < 4.78 is 16.4. The molecule has 0 bridgehead atoms. The largest absolute Gasteiger partial charge is 0.465 e. The second kappa shape index (κ2) is 4.81. The van der Waals surface area contributed by atoms with Crippen molar-refractivity contribution in [2.45, 2.75) is 39.0 Å². The van der Waals surface area contributed by atoms with E-state index in [2.05, 4.69) is 24.0 Å². The molecule has 2 aromatic rings. The fourth-order valence-electron chi connectivity index (χ4n) is 2.25. The van der Waals surface area contributed by atoms with Gasteiger partial charge in [0.15, 0.2) is 5.82 Å². The van der Waals surface area contributed by atoms with Crippen molar-refractivity contribution in [1.82, 2.24) is 10.1 Å². The highest BCUT2D eigenvalue weighted by atomic mass is 16.5. The smallest absolute Gasteiger partial charge is 0.261 e. The van der Waals surface area contributed by atoms with Gasteiger partial charge < -0.3 is 13.7 Å². The maximum atomic E-state index is 5.71. The van der Waals surface area contributed by atoms with Gasteiger partial charge in [-0.15, -0.1) is 0 Å². The molecule has 0 saturated carbocycles. The van der Waals surface area contributed by atoms with Crippen LogP contribution in [0.3, 0.4) is 0 Å². The predicted octanol–water partition coefficient (Wildman–Crippen LogP) is 3.27. The number of hydrogen-bond donors (Lipinski definition) is 0. The van der Waals surface area contributed by atoms with Crippen LogP contribution in [0, 0.1) is 6.92 Å². The summed E-state index contributed by atoms with van der Waals surface area (Å²) in [6.07, 6.45) is 0.959. The third kappa shape index (κ3) is 2.30. The van der Waals surface area contributed by atoms with Gasteiger partial charge in [0.25, 0.3) is 5.89 Å². The molecule has 1 aliphatic rings. The molecule has 2 aromatic heterocycles. The molecular formula is C14H18N2O3. The first-order chi connectivity index (χ1) is 9.15. The zero-order valence-corrected chi connectivity index (χ0v) is 11.5. The number of ether oxygens (including phenoxy) is 1. The van der Waals surface area contributed by atoms with Gasteiger partial charge in [-0.1, -0.05) is 19.0 Å². The molecule has 1 unspecified atom stereocenters. The van der Waals surface area contributed by atoms with Crippen LogP contribution in [0.4, 0.5) is 0 Å². The van der Waals surface area contributed by atoms with Crippen LogP contribution < -0.4 is 0 Å². The molecule has 1 aliphatic heterocycles.